The standard InChI is InChI=1S/C9H19NO/c1-4-6-8(11)9(3,5-2)7-10/h4-7,10H2,1-3H3. The van der Waals surface area contributed by atoms with E-state index >= 15 is 0 Å². The third-order valence-electron chi connectivity index (χ3n) is 2.38. The van der Waals surface area contributed by atoms with Crippen molar-refractivity contribution in [3.8, 4) is 0 Å². The first kappa shape index (κ1) is 10.6. The van der Waals surface area contributed by atoms with E-state index in [2.05, 4.69) is 0 Å². The van der Waals surface area contributed by atoms with E-state index in [9.17, 15) is 4.79 Å². The third kappa shape index (κ3) is 2.62. The molecule has 0 rings (SSSR count). The average Bonchev–Trinajstić information content (AvgIpc) is 2.03. The van der Waals surface area contributed by atoms with Crippen molar-refractivity contribution in [1.29, 1.82) is 0 Å². The zero-order valence-corrected chi connectivity index (χ0v) is 7.81. The quantitative estimate of drug-likeness (QED) is 0.660. The van der Waals surface area contributed by atoms with Gasteiger partial charge in [-0.25, -0.2) is 0 Å². The van der Waals surface area contributed by atoms with Crippen molar-refractivity contribution in [2.45, 2.75) is 40.0 Å². The van der Waals surface area contributed by atoms with E-state index < -0.39 is 0 Å². The van der Waals surface area contributed by atoms with Crippen LogP contribution in [0.3, 0.4) is 0 Å². The van der Waals surface area contributed by atoms with Gasteiger partial charge in [-0.05, 0) is 12.8 Å². The van der Waals surface area contributed by atoms with E-state index in [4.69, 9.17) is 5.73 Å². The molecule has 0 aromatic carbocycles. The molecule has 11 heavy (non-hydrogen) atoms. The molecular formula is C9H19NO. The largest absolute Gasteiger partial charge is 0.329 e. The molecule has 0 aromatic rings. The Bertz CT molecular complexity index is 128. The molecule has 66 valence electrons. The maximum Gasteiger partial charge on any atom is 0.139 e. The van der Waals surface area contributed by atoms with Crippen LogP contribution in [0.4, 0.5) is 0 Å². The van der Waals surface area contributed by atoms with Crippen molar-refractivity contribution < 1.29 is 4.79 Å². The molecular weight excluding hydrogens is 138 g/mol. The maximum atomic E-state index is 11.4. The topological polar surface area (TPSA) is 43.1 Å². The minimum atomic E-state index is -0.268. The van der Waals surface area contributed by atoms with Crippen molar-refractivity contribution in [3.63, 3.8) is 0 Å². The van der Waals surface area contributed by atoms with Gasteiger partial charge in [0.1, 0.15) is 5.78 Å². The molecule has 0 heterocycles. The predicted octanol–water partition coefficient (Wildman–Crippen LogP) is 1.73. The van der Waals surface area contributed by atoms with Crippen molar-refractivity contribution in [1.82, 2.24) is 0 Å². The summed E-state index contributed by atoms with van der Waals surface area (Å²) in [4.78, 5) is 11.4. The summed E-state index contributed by atoms with van der Waals surface area (Å²) in [6.45, 7) is 6.46. The summed E-state index contributed by atoms with van der Waals surface area (Å²) in [5, 5.41) is 0. The van der Waals surface area contributed by atoms with Crippen LogP contribution in [-0.4, -0.2) is 12.3 Å². The maximum absolute atomic E-state index is 11.4. The summed E-state index contributed by atoms with van der Waals surface area (Å²) < 4.78 is 0. The summed E-state index contributed by atoms with van der Waals surface area (Å²) in [5.74, 6) is 0.310. The lowest BCUT2D eigenvalue weighted by Crippen LogP contribution is -2.34. The molecule has 0 spiro atoms. The molecule has 2 N–H and O–H groups in total. The second-order valence-electron chi connectivity index (χ2n) is 3.29. The third-order valence-corrected chi connectivity index (χ3v) is 2.38. The number of hydrogen-bond donors (Lipinski definition) is 1. The van der Waals surface area contributed by atoms with E-state index in [1.807, 2.05) is 20.8 Å². The lowest BCUT2D eigenvalue weighted by Gasteiger charge is -2.24. The second-order valence-corrected chi connectivity index (χ2v) is 3.29. The Morgan fingerprint density at radius 2 is 2.00 bits per heavy atom. The van der Waals surface area contributed by atoms with Gasteiger partial charge in [0.05, 0.1) is 0 Å². The van der Waals surface area contributed by atoms with E-state index in [1.165, 1.54) is 0 Å². The normalized spacial score (nSPS) is 16.0. The summed E-state index contributed by atoms with van der Waals surface area (Å²) in [7, 11) is 0. The molecule has 0 radical (unpaired) electrons. The van der Waals surface area contributed by atoms with E-state index in [-0.39, 0.29) is 5.41 Å². The molecule has 0 aliphatic heterocycles. The van der Waals surface area contributed by atoms with Gasteiger partial charge >= 0.3 is 0 Å². The molecule has 0 saturated heterocycles. The van der Waals surface area contributed by atoms with Gasteiger partial charge in [-0.2, -0.15) is 0 Å². The number of ketones is 1. The Morgan fingerprint density at radius 1 is 1.45 bits per heavy atom. The summed E-state index contributed by atoms with van der Waals surface area (Å²) in [5.41, 5.74) is 5.26. The highest BCUT2D eigenvalue weighted by molar-refractivity contribution is 5.84. The first-order chi connectivity index (χ1) is 5.10. The van der Waals surface area contributed by atoms with Gasteiger partial charge in [0.15, 0.2) is 0 Å². The van der Waals surface area contributed by atoms with Crippen LogP contribution in [-0.2, 0) is 4.79 Å². The second kappa shape index (κ2) is 4.50. The van der Waals surface area contributed by atoms with Gasteiger partial charge in [-0.3, -0.25) is 4.79 Å². The van der Waals surface area contributed by atoms with Crippen LogP contribution in [0.25, 0.3) is 0 Å². The monoisotopic (exact) mass is 157 g/mol. The molecule has 0 amide bonds. The number of rotatable bonds is 5. The Kier molecular flexibility index (Phi) is 4.34. The van der Waals surface area contributed by atoms with Crippen molar-refractivity contribution in [3.05, 3.63) is 0 Å². The molecule has 1 atom stereocenters. The molecule has 0 fully saturated rings. The smallest absolute Gasteiger partial charge is 0.139 e. The Hall–Kier alpha value is -0.370. The SMILES string of the molecule is CCCC(=O)C(C)(CC)CN. The lowest BCUT2D eigenvalue weighted by atomic mass is 9.81. The van der Waals surface area contributed by atoms with Gasteiger partial charge in [-0.15, -0.1) is 0 Å². The number of carbonyl (C=O) groups excluding carboxylic acids is 1. The summed E-state index contributed by atoms with van der Waals surface area (Å²) >= 11 is 0. The van der Waals surface area contributed by atoms with Crippen LogP contribution < -0.4 is 5.73 Å². The highest BCUT2D eigenvalue weighted by Crippen LogP contribution is 2.22. The first-order valence-electron chi connectivity index (χ1n) is 4.34. The van der Waals surface area contributed by atoms with Gasteiger partial charge in [-0.1, -0.05) is 20.8 Å². The summed E-state index contributed by atoms with van der Waals surface area (Å²) in [6, 6.07) is 0. The van der Waals surface area contributed by atoms with Crippen LogP contribution in [0, 0.1) is 5.41 Å². The Labute approximate surface area is 69.2 Å². The van der Waals surface area contributed by atoms with Crippen LogP contribution in [0.2, 0.25) is 0 Å². The summed E-state index contributed by atoms with van der Waals surface area (Å²) in [6.07, 6.45) is 2.44. The predicted molar refractivity (Wildman–Crippen MR) is 47.4 cm³/mol. The highest BCUT2D eigenvalue weighted by Gasteiger charge is 2.27. The Balaban J connectivity index is 4.12. The zero-order valence-electron chi connectivity index (χ0n) is 7.81. The minimum Gasteiger partial charge on any atom is -0.329 e. The molecule has 1 unspecified atom stereocenters. The fourth-order valence-electron chi connectivity index (χ4n) is 0.984. The number of nitrogens with two attached hydrogens (primary N) is 1. The van der Waals surface area contributed by atoms with Crippen LogP contribution >= 0.6 is 0 Å². The minimum absolute atomic E-state index is 0.268. The van der Waals surface area contributed by atoms with Crippen molar-refractivity contribution in [2.24, 2.45) is 11.1 Å². The molecule has 0 bridgehead atoms. The molecule has 2 nitrogen and oxygen atoms in total. The van der Waals surface area contributed by atoms with E-state index in [0.29, 0.717) is 18.7 Å². The molecule has 0 aromatic heterocycles. The number of Topliss-reactive ketones (excluding diaryl/α,β-unsaturated/α-hetero) is 1. The van der Waals surface area contributed by atoms with Gasteiger partial charge in [0.25, 0.3) is 0 Å². The van der Waals surface area contributed by atoms with Gasteiger partial charge in [0, 0.05) is 18.4 Å². The fourth-order valence-corrected chi connectivity index (χ4v) is 0.984. The van der Waals surface area contributed by atoms with Crippen molar-refractivity contribution >= 4 is 5.78 Å². The molecule has 2 heteroatoms. The van der Waals surface area contributed by atoms with Gasteiger partial charge in [0.2, 0.25) is 0 Å². The van der Waals surface area contributed by atoms with Gasteiger partial charge < -0.3 is 5.73 Å². The van der Waals surface area contributed by atoms with Crippen LogP contribution in [0.15, 0.2) is 0 Å². The van der Waals surface area contributed by atoms with E-state index in [1.54, 1.807) is 0 Å². The molecule has 0 aliphatic carbocycles. The van der Waals surface area contributed by atoms with Crippen molar-refractivity contribution in [2.75, 3.05) is 6.54 Å². The highest BCUT2D eigenvalue weighted by atomic mass is 16.1. The average molecular weight is 157 g/mol. The number of carbonyl (C=O) groups is 1. The zero-order chi connectivity index (χ0) is 8.91. The van der Waals surface area contributed by atoms with E-state index in [0.717, 1.165) is 12.8 Å². The van der Waals surface area contributed by atoms with Crippen LogP contribution in [0.5, 0.6) is 0 Å². The lowest BCUT2D eigenvalue weighted by molar-refractivity contribution is -0.127. The molecule has 0 aliphatic rings. The van der Waals surface area contributed by atoms with Crippen LogP contribution in [0.1, 0.15) is 40.0 Å². The molecule has 0 saturated carbocycles. The number of hydrogen-bond acceptors (Lipinski definition) is 2. The Morgan fingerprint density at radius 3 is 2.27 bits per heavy atom. The first-order valence-corrected chi connectivity index (χ1v) is 4.34. The fraction of sp³-hybridized carbons (Fsp3) is 0.889.